The van der Waals surface area contributed by atoms with Crippen LogP contribution in [0.4, 0.5) is 0 Å². The fraction of sp³-hybridized carbons (Fsp3) is 0.333. The molecule has 20 heavy (non-hydrogen) atoms. The first-order valence-corrected chi connectivity index (χ1v) is 8.11. The Balaban J connectivity index is 2.01. The molecule has 0 aliphatic carbocycles. The first kappa shape index (κ1) is 14.2. The van der Waals surface area contributed by atoms with E-state index in [1.54, 1.807) is 0 Å². The predicted molar refractivity (Wildman–Crippen MR) is 85.4 cm³/mol. The molecule has 0 spiro atoms. The predicted octanol–water partition coefficient (Wildman–Crippen LogP) is 4.88. The van der Waals surface area contributed by atoms with Crippen molar-refractivity contribution < 1.29 is 4.74 Å². The van der Waals surface area contributed by atoms with Crippen LogP contribution in [0.1, 0.15) is 29.5 Å². The molecule has 1 aliphatic rings. The Morgan fingerprint density at radius 2 is 2.15 bits per heavy atom. The third kappa shape index (κ3) is 2.56. The van der Waals surface area contributed by atoms with Crippen molar-refractivity contribution in [2.24, 2.45) is 0 Å². The van der Waals surface area contributed by atoms with E-state index in [1.807, 2.05) is 25.2 Å². The summed E-state index contributed by atoms with van der Waals surface area (Å²) < 4.78 is 7.23. The SMILES string of the molecule is CNC(c1cc(Cl)sc1Cl)C1CCOc2ccccc21. The largest absolute Gasteiger partial charge is 0.493 e. The molecule has 0 fully saturated rings. The molecular formula is C15H15Cl2NOS. The van der Waals surface area contributed by atoms with Crippen molar-refractivity contribution in [1.29, 1.82) is 0 Å². The van der Waals surface area contributed by atoms with E-state index in [-0.39, 0.29) is 6.04 Å². The number of benzene rings is 1. The van der Waals surface area contributed by atoms with E-state index in [4.69, 9.17) is 27.9 Å². The summed E-state index contributed by atoms with van der Waals surface area (Å²) in [6, 6.07) is 10.3. The van der Waals surface area contributed by atoms with Crippen LogP contribution in [-0.4, -0.2) is 13.7 Å². The van der Waals surface area contributed by atoms with Gasteiger partial charge in [-0.05, 0) is 31.2 Å². The number of rotatable bonds is 3. The van der Waals surface area contributed by atoms with Crippen LogP contribution in [0.3, 0.4) is 0 Å². The maximum Gasteiger partial charge on any atom is 0.122 e. The minimum absolute atomic E-state index is 0.149. The van der Waals surface area contributed by atoms with Crippen LogP contribution >= 0.6 is 34.5 Å². The number of nitrogens with one attached hydrogen (secondary N) is 1. The van der Waals surface area contributed by atoms with E-state index in [9.17, 15) is 0 Å². The maximum atomic E-state index is 6.33. The first-order valence-electron chi connectivity index (χ1n) is 6.54. The number of hydrogen-bond donors (Lipinski definition) is 1. The van der Waals surface area contributed by atoms with Crippen molar-refractivity contribution in [2.75, 3.05) is 13.7 Å². The minimum atomic E-state index is 0.149. The smallest absolute Gasteiger partial charge is 0.122 e. The second-order valence-corrected chi connectivity index (χ2v) is 7.11. The van der Waals surface area contributed by atoms with Gasteiger partial charge in [0.25, 0.3) is 0 Å². The monoisotopic (exact) mass is 327 g/mol. The zero-order valence-corrected chi connectivity index (χ0v) is 13.4. The molecule has 1 aliphatic heterocycles. The molecule has 0 radical (unpaired) electrons. The van der Waals surface area contributed by atoms with Gasteiger partial charge < -0.3 is 10.1 Å². The van der Waals surface area contributed by atoms with Gasteiger partial charge in [-0.25, -0.2) is 0 Å². The maximum absolute atomic E-state index is 6.33. The molecule has 0 saturated heterocycles. The number of likely N-dealkylation sites (N-methyl/N-ethyl adjacent to an activating group) is 1. The van der Waals surface area contributed by atoms with Crippen LogP contribution in [0.15, 0.2) is 30.3 Å². The summed E-state index contributed by atoms with van der Waals surface area (Å²) in [5, 5.41) is 3.39. The van der Waals surface area contributed by atoms with Crippen molar-refractivity contribution >= 4 is 34.5 Å². The number of halogens is 2. The molecular weight excluding hydrogens is 313 g/mol. The van der Waals surface area contributed by atoms with Crippen LogP contribution in [0, 0.1) is 0 Å². The van der Waals surface area contributed by atoms with Gasteiger partial charge in [-0.15, -0.1) is 11.3 Å². The molecule has 106 valence electrons. The quantitative estimate of drug-likeness (QED) is 0.867. The van der Waals surface area contributed by atoms with Gasteiger partial charge in [0.15, 0.2) is 0 Å². The standard InChI is InChI=1S/C15H15Cl2NOS/c1-18-14(11-8-13(16)20-15(11)17)10-6-7-19-12-5-3-2-4-9(10)12/h2-5,8,10,14,18H,6-7H2,1H3. The van der Waals surface area contributed by atoms with Gasteiger partial charge in [-0.3, -0.25) is 0 Å². The lowest BCUT2D eigenvalue weighted by Gasteiger charge is -2.32. The molecule has 1 aromatic carbocycles. The lowest BCUT2D eigenvalue weighted by Crippen LogP contribution is -2.28. The van der Waals surface area contributed by atoms with E-state index < -0.39 is 0 Å². The fourth-order valence-electron chi connectivity index (χ4n) is 2.85. The summed E-state index contributed by atoms with van der Waals surface area (Å²) in [6.45, 7) is 0.731. The van der Waals surface area contributed by atoms with Crippen LogP contribution in [0.5, 0.6) is 5.75 Å². The number of thiophene rings is 1. The molecule has 5 heteroatoms. The van der Waals surface area contributed by atoms with Gasteiger partial charge in [-0.2, -0.15) is 0 Å². The summed E-state index contributed by atoms with van der Waals surface area (Å²) in [5.41, 5.74) is 2.31. The molecule has 2 heterocycles. The Morgan fingerprint density at radius 1 is 1.35 bits per heavy atom. The minimum Gasteiger partial charge on any atom is -0.493 e. The number of ether oxygens (including phenoxy) is 1. The third-order valence-electron chi connectivity index (χ3n) is 3.74. The van der Waals surface area contributed by atoms with Crippen molar-refractivity contribution in [1.82, 2.24) is 5.32 Å². The van der Waals surface area contributed by atoms with E-state index in [1.165, 1.54) is 16.9 Å². The Hall–Kier alpha value is -0.740. The Bertz CT molecular complexity index is 614. The highest BCUT2D eigenvalue weighted by atomic mass is 35.5. The summed E-state index contributed by atoms with van der Waals surface area (Å²) in [4.78, 5) is 0. The Kier molecular flexibility index (Phi) is 4.22. The highest BCUT2D eigenvalue weighted by Crippen LogP contribution is 2.45. The molecule has 1 aromatic heterocycles. The molecule has 3 rings (SSSR count). The average Bonchev–Trinajstić information content (AvgIpc) is 2.79. The molecule has 2 nitrogen and oxygen atoms in total. The van der Waals surface area contributed by atoms with Gasteiger partial charge in [0.2, 0.25) is 0 Å². The second-order valence-electron chi connectivity index (χ2n) is 4.83. The molecule has 0 amide bonds. The van der Waals surface area contributed by atoms with E-state index in [0.717, 1.165) is 33.0 Å². The molecule has 2 atom stereocenters. The second kappa shape index (κ2) is 5.94. The van der Waals surface area contributed by atoms with Crippen LogP contribution < -0.4 is 10.1 Å². The van der Waals surface area contributed by atoms with Gasteiger partial charge >= 0.3 is 0 Å². The van der Waals surface area contributed by atoms with E-state index in [2.05, 4.69) is 17.4 Å². The number of para-hydroxylation sites is 1. The van der Waals surface area contributed by atoms with Crippen molar-refractivity contribution in [3.8, 4) is 5.75 Å². The Labute approximate surface area is 132 Å². The highest BCUT2D eigenvalue weighted by Gasteiger charge is 2.31. The van der Waals surface area contributed by atoms with Gasteiger partial charge in [-0.1, -0.05) is 41.4 Å². The highest BCUT2D eigenvalue weighted by molar-refractivity contribution is 7.20. The fourth-order valence-corrected chi connectivity index (χ4v) is 4.40. The lowest BCUT2D eigenvalue weighted by atomic mass is 9.84. The summed E-state index contributed by atoms with van der Waals surface area (Å²) in [5.74, 6) is 1.31. The molecule has 1 N–H and O–H groups in total. The van der Waals surface area contributed by atoms with Gasteiger partial charge in [0.1, 0.15) is 5.75 Å². The molecule has 0 saturated carbocycles. The van der Waals surface area contributed by atoms with Crippen LogP contribution in [0.2, 0.25) is 8.67 Å². The van der Waals surface area contributed by atoms with Gasteiger partial charge in [0, 0.05) is 17.5 Å². The summed E-state index contributed by atoms with van der Waals surface area (Å²) in [6.07, 6.45) is 0.965. The number of fused-ring (bicyclic) bond motifs is 1. The zero-order chi connectivity index (χ0) is 14.1. The van der Waals surface area contributed by atoms with Crippen molar-refractivity contribution in [2.45, 2.75) is 18.4 Å². The summed E-state index contributed by atoms with van der Waals surface area (Å²) in [7, 11) is 1.96. The van der Waals surface area contributed by atoms with Gasteiger partial charge in [0.05, 0.1) is 15.3 Å². The van der Waals surface area contributed by atoms with Crippen molar-refractivity contribution in [3.63, 3.8) is 0 Å². The third-order valence-corrected chi connectivity index (χ3v) is 5.25. The Morgan fingerprint density at radius 3 is 2.85 bits per heavy atom. The zero-order valence-electron chi connectivity index (χ0n) is 11.0. The average molecular weight is 328 g/mol. The first-order chi connectivity index (χ1) is 9.70. The van der Waals surface area contributed by atoms with Crippen LogP contribution in [0.25, 0.3) is 0 Å². The van der Waals surface area contributed by atoms with E-state index in [0.29, 0.717) is 5.92 Å². The normalized spacial score (nSPS) is 19.2. The number of hydrogen-bond acceptors (Lipinski definition) is 3. The molecule has 2 aromatic rings. The summed E-state index contributed by atoms with van der Waals surface area (Å²) >= 11 is 13.8. The van der Waals surface area contributed by atoms with E-state index >= 15 is 0 Å². The molecule has 2 unspecified atom stereocenters. The topological polar surface area (TPSA) is 21.3 Å². The van der Waals surface area contributed by atoms with Crippen LogP contribution in [-0.2, 0) is 0 Å². The molecule has 0 bridgehead atoms. The van der Waals surface area contributed by atoms with Crippen molar-refractivity contribution in [3.05, 3.63) is 50.1 Å². The lowest BCUT2D eigenvalue weighted by molar-refractivity contribution is 0.249.